The number of rotatable bonds is 2. The van der Waals surface area contributed by atoms with Gasteiger partial charge in [0.25, 0.3) is 5.78 Å². The summed E-state index contributed by atoms with van der Waals surface area (Å²) in [6, 6.07) is 1.98. The van der Waals surface area contributed by atoms with Crippen molar-refractivity contribution in [2.75, 3.05) is 0 Å². The molecular formula is C13H19N5O. The standard InChI is InChI=1S/C13H19N5O/c1-9-7-12(18-13(17-9)15-8-16-18)19-11-6-4-2-3-5-10(11)14/h7-8,10-11H,2-6,14H2,1H3. The van der Waals surface area contributed by atoms with Gasteiger partial charge in [0, 0.05) is 17.8 Å². The van der Waals surface area contributed by atoms with Gasteiger partial charge in [0.2, 0.25) is 5.88 Å². The Balaban J connectivity index is 1.89. The van der Waals surface area contributed by atoms with Crippen LogP contribution in [0.15, 0.2) is 12.4 Å². The molecule has 1 fully saturated rings. The van der Waals surface area contributed by atoms with Gasteiger partial charge in [-0.3, -0.25) is 0 Å². The Hall–Kier alpha value is -1.69. The number of ether oxygens (including phenoxy) is 1. The monoisotopic (exact) mass is 261 g/mol. The molecule has 0 amide bonds. The van der Waals surface area contributed by atoms with Crippen LogP contribution in [0.25, 0.3) is 5.78 Å². The Kier molecular flexibility index (Phi) is 3.33. The van der Waals surface area contributed by atoms with E-state index in [0.29, 0.717) is 11.7 Å². The molecule has 1 aliphatic carbocycles. The Morgan fingerprint density at radius 1 is 1.32 bits per heavy atom. The van der Waals surface area contributed by atoms with Gasteiger partial charge in [0.15, 0.2) is 0 Å². The second-order valence-electron chi connectivity index (χ2n) is 5.17. The SMILES string of the molecule is Cc1cc(OC2CCCCCC2N)n2ncnc2n1. The highest BCUT2D eigenvalue weighted by atomic mass is 16.5. The van der Waals surface area contributed by atoms with E-state index in [-0.39, 0.29) is 12.1 Å². The zero-order chi connectivity index (χ0) is 13.2. The maximum absolute atomic E-state index is 6.20. The first-order chi connectivity index (χ1) is 9.24. The number of fused-ring (bicyclic) bond motifs is 1. The molecule has 2 unspecified atom stereocenters. The molecule has 1 aliphatic rings. The summed E-state index contributed by atoms with van der Waals surface area (Å²) in [6.07, 6.45) is 7.16. The molecule has 2 heterocycles. The summed E-state index contributed by atoms with van der Waals surface area (Å²) in [5.41, 5.74) is 7.07. The van der Waals surface area contributed by atoms with Crippen LogP contribution in [0.2, 0.25) is 0 Å². The Morgan fingerprint density at radius 2 is 2.16 bits per heavy atom. The Bertz CT molecular complexity index is 567. The van der Waals surface area contributed by atoms with Gasteiger partial charge in [0.1, 0.15) is 12.4 Å². The average molecular weight is 261 g/mol. The van der Waals surface area contributed by atoms with E-state index in [9.17, 15) is 0 Å². The average Bonchev–Trinajstić information content (AvgIpc) is 2.75. The lowest BCUT2D eigenvalue weighted by Gasteiger charge is -2.22. The van der Waals surface area contributed by atoms with Crippen LogP contribution in [0.3, 0.4) is 0 Å². The summed E-state index contributed by atoms with van der Waals surface area (Å²) in [5, 5.41) is 4.15. The molecule has 6 heteroatoms. The van der Waals surface area contributed by atoms with E-state index in [1.807, 2.05) is 13.0 Å². The molecular weight excluding hydrogens is 242 g/mol. The molecule has 3 rings (SSSR count). The minimum atomic E-state index is 0.0525. The number of hydrogen-bond acceptors (Lipinski definition) is 5. The largest absolute Gasteiger partial charge is 0.473 e. The van der Waals surface area contributed by atoms with Crippen LogP contribution in [0.4, 0.5) is 0 Å². The second-order valence-corrected chi connectivity index (χ2v) is 5.17. The fourth-order valence-corrected chi connectivity index (χ4v) is 2.58. The third-order valence-electron chi connectivity index (χ3n) is 3.62. The normalized spacial score (nSPS) is 24.3. The van der Waals surface area contributed by atoms with E-state index in [1.54, 1.807) is 4.52 Å². The molecule has 102 valence electrons. The maximum Gasteiger partial charge on any atom is 0.255 e. The summed E-state index contributed by atoms with van der Waals surface area (Å²) in [5.74, 6) is 1.25. The zero-order valence-corrected chi connectivity index (χ0v) is 11.1. The fourth-order valence-electron chi connectivity index (χ4n) is 2.58. The first-order valence-electron chi connectivity index (χ1n) is 6.83. The van der Waals surface area contributed by atoms with E-state index in [0.717, 1.165) is 18.5 Å². The smallest absolute Gasteiger partial charge is 0.255 e. The third kappa shape index (κ3) is 2.53. The van der Waals surface area contributed by atoms with Crippen molar-refractivity contribution in [3.63, 3.8) is 0 Å². The van der Waals surface area contributed by atoms with Crippen molar-refractivity contribution in [3.8, 4) is 5.88 Å². The molecule has 0 aromatic carbocycles. The van der Waals surface area contributed by atoms with Crippen LogP contribution >= 0.6 is 0 Å². The molecule has 0 aliphatic heterocycles. The van der Waals surface area contributed by atoms with Crippen molar-refractivity contribution in [2.45, 2.75) is 51.2 Å². The number of nitrogens with two attached hydrogens (primary N) is 1. The van der Waals surface area contributed by atoms with Crippen molar-refractivity contribution in [1.29, 1.82) is 0 Å². The second kappa shape index (κ2) is 5.13. The fraction of sp³-hybridized carbons (Fsp3) is 0.615. The lowest BCUT2D eigenvalue weighted by atomic mass is 10.1. The first kappa shape index (κ1) is 12.3. The number of aromatic nitrogens is 4. The minimum Gasteiger partial charge on any atom is -0.473 e. The molecule has 2 aromatic rings. The van der Waals surface area contributed by atoms with Crippen LogP contribution in [-0.4, -0.2) is 31.7 Å². The van der Waals surface area contributed by atoms with E-state index in [2.05, 4.69) is 15.1 Å². The predicted molar refractivity (Wildman–Crippen MR) is 71.0 cm³/mol. The summed E-state index contributed by atoms with van der Waals surface area (Å²) in [6.45, 7) is 1.93. The summed E-state index contributed by atoms with van der Waals surface area (Å²) < 4.78 is 7.73. The van der Waals surface area contributed by atoms with E-state index in [1.165, 1.54) is 25.6 Å². The van der Waals surface area contributed by atoms with Crippen LogP contribution < -0.4 is 10.5 Å². The Morgan fingerprint density at radius 3 is 3.05 bits per heavy atom. The van der Waals surface area contributed by atoms with Crippen molar-refractivity contribution in [1.82, 2.24) is 19.6 Å². The molecule has 2 atom stereocenters. The van der Waals surface area contributed by atoms with Crippen LogP contribution in [-0.2, 0) is 0 Å². The van der Waals surface area contributed by atoms with Crippen molar-refractivity contribution in [2.24, 2.45) is 5.73 Å². The lowest BCUT2D eigenvalue weighted by molar-refractivity contribution is 0.152. The number of aryl methyl sites for hydroxylation is 1. The summed E-state index contributed by atoms with van der Waals surface area (Å²) in [7, 11) is 0. The Labute approximate surface area is 112 Å². The molecule has 6 nitrogen and oxygen atoms in total. The zero-order valence-electron chi connectivity index (χ0n) is 11.1. The van der Waals surface area contributed by atoms with Crippen LogP contribution in [0, 0.1) is 6.92 Å². The number of hydrogen-bond donors (Lipinski definition) is 1. The molecule has 2 aromatic heterocycles. The van der Waals surface area contributed by atoms with Gasteiger partial charge in [-0.05, 0) is 26.2 Å². The van der Waals surface area contributed by atoms with E-state index >= 15 is 0 Å². The van der Waals surface area contributed by atoms with E-state index < -0.39 is 0 Å². The van der Waals surface area contributed by atoms with Crippen molar-refractivity contribution < 1.29 is 4.74 Å². The molecule has 1 saturated carbocycles. The van der Waals surface area contributed by atoms with Crippen LogP contribution in [0.1, 0.15) is 37.8 Å². The molecule has 0 bridgehead atoms. The molecule has 0 spiro atoms. The quantitative estimate of drug-likeness (QED) is 0.828. The lowest BCUT2D eigenvalue weighted by Crippen LogP contribution is -2.38. The summed E-state index contributed by atoms with van der Waals surface area (Å²) in [4.78, 5) is 8.41. The summed E-state index contributed by atoms with van der Waals surface area (Å²) >= 11 is 0. The van der Waals surface area contributed by atoms with Gasteiger partial charge >= 0.3 is 0 Å². The van der Waals surface area contributed by atoms with Gasteiger partial charge < -0.3 is 10.5 Å². The van der Waals surface area contributed by atoms with Gasteiger partial charge in [-0.1, -0.05) is 12.8 Å². The first-order valence-corrected chi connectivity index (χ1v) is 6.83. The van der Waals surface area contributed by atoms with Crippen LogP contribution in [0.5, 0.6) is 5.88 Å². The molecule has 19 heavy (non-hydrogen) atoms. The molecule has 0 saturated heterocycles. The predicted octanol–water partition coefficient (Wildman–Crippen LogP) is 1.47. The van der Waals surface area contributed by atoms with Gasteiger partial charge in [0.05, 0.1) is 0 Å². The highest BCUT2D eigenvalue weighted by Gasteiger charge is 2.23. The minimum absolute atomic E-state index is 0.0525. The van der Waals surface area contributed by atoms with Gasteiger partial charge in [-0.2, -0.15) is 14.6 Å². The topological polar surface area (TPSA) is 78.3 Å². The number of nitrogens with zero attached hydrogens (tertiary/aromatic N) is 4. The maximum atomic E-state index is 6.20. The van der Waals surface area contributed by atoms with E-state index in [4.69, 9.17) is 10.5 Å². The molecule has 0 radical (unpaired) electrons. The third-order valence-corrected chi connectivity index (χ3v) is 3.62. The van der Waals surface area contributed by atoms with Gasteiger partial charge in [-0.15, -0.1) is 0 Å². The highest BCUT2D eigenvalue weighted by molar-refractivity contribution is 5.32. The van der Waals surface area contributed by atoms with Gasteiger partial charge in [-0.25, -0.2) is 4.98 Å². The van der Waals surface area contributed by atoms with Crippen molar-refractivity contribution >= 4 is 5.78 Å². The highest BCUT2D eigenvalue weighted by Crippen LogP contribution is 2.22. The molecule has 2 N–H and O–H groups in total. The van der Waals surface area contributed by atoms with Crippen molar-refractivity contribution in [3.05, 3.63) is 18.1 Å².